The Morgan fingerprint density at radius 1 is 1.20 bits per heavy atom. The predicted octanol–water partition coefficient (Wildman–Crippen LogP) is 2.72. The standard InChI is InChI=1S/C24H29N4O6P/c25-23-21(5-3-13-28(23)16-33-35(30,31)32)22-15-20(27-34-22)14-18-8-6-17(7-9-18)10-11-19-4-1-2-12-26-24(19)29/h3,5-9,13,15,19,25H,1-2,4,10-12,14,16H2,(H3,26,29,30,31,32)/p+1. The molecule has 186 valence electrons. The molecule has 2 aromatic heterocycles. The van der Waals surface area contributed by atoms with Gasteiger partial charge >= 0.3 is 7.82 Å². The van der Waals surface area contributed by atoms with Crippen LogP contribution in [0.15, 0.2) is 53.2 Å². The van der Waals surface area contributed by atoms with Crippen LogP contribution in [0.2, 0.25) is 0 Å². The van der Waals surface area contributed by atoms with E-state index in [2.05, 4.69) is 39.3 Å². The zero-order valence-corrected chi connectivity index (χ0v) is 20.2. The molecule has 10 nitrogen and oxygen atoms in total. The van der Waals surface area contributed by atoms with Gasteiger partial charge < -0.3 is 19.6 Å². The van der Waals surface area contributed by atoms with Crippen LogP contribution in [-0.2, 0) is 33.5 Å². The summed E-state index contributed by atoms with van der Waals surface area (Å²) in [5, 5.41) is 7.14. The quantitative estimate of drug-likeness (QED) is 0.258. The molecule has 3 aromatic rings. The first-order valence-corrected chi connectivity index (χ1v) is 13.1. The Labute approximate surface area is 203 Å². The molecule has 1 fully saturated rings. The first-order chi connectivity index (χ1) is 16.8. The molecule has 0 aliphatic carbocycles. The number of anilines is 1. The first-order valence-electron chi connectivity index (χ1n) is 11.6. The fourth-order valence-corrected chi connectivity index (χ4v) is 4.47. The molecule has 4 rings (SSSR count). The smallest absolute Gasteiger partial charge is 0.356 e. The van der Waals surface area contributed by atoms with Crippen molar-refractivity contribution in [2.75, 3.05) is 12.3 Å². The average Bonchev–Trinajstić information content (AvgIpc) is 3.18. The summed E-state index contributed by atoms with van der Waals surface area (Å²) in [6, 6.07) is 13.5. The summed E-state index contributed by atoms with van der Waals surface area (Å²) in [7, 11) is -4.62. The Balaban J connectivity index is 1.37. The Kier molecular flexibility index (Phi) is 7.97. The van der Waals surface area contributed by atoms with Crippen LogP contribution < -0.4 is 15.6 Å². The van der Waals surface area contributed by atoms with Crippen LogP contribution in [0.1, 0.15) is 42.5 Å². The van der Waals surface area contributed by atoms with Gasteiger partial charge in [0.1, 0.15) is 5.56 Å². The molecular formula is C24H30N4O6P+. The zero-order chi connectivity index (χ0) is 24.8. The number of aryl methyl sites for hydroxylation is 1. The van der Waals surface area contributed by atoms with Crippen molar-refractivity contribution in [3.05, 3.63) is 65.5 Å². The molecule has 1 amide bonds. The summed E-state index contributed by atoms with van der Waals surface area (Å²) in [6.45, 7) is 0.387. The zero-order valence-electron chi connectivity index (χ0n) is 19.3. The maximum absolute atomic E-state index is 12.1. The Morgan fingerprint density at radius 3 is 2.74 bits per heavy atom. The summed E-state index contributed by atoms with van der Waals surface area (Å²) in [5.41, 5.74) is 9.68. The van der Waals surface area contributed by atoms with Gasteiger partial charge in [0, 0.05) is 24.9 Å². The number of hydrogen-bond acceptors (Lipinski definition) is 6. The second kappa shape index (κ2) is 11.1. The molecule has 1 atom stereocenters. The number of aromatic nitrogens is 2. The van der Waals surface area contributed by atoms with Gasteiger partial charge in [-0.3, -0.25) is 10.5 Å². The molecule has 3 heterocycles. The van der Waals surface area contributed by atoms with Crippen LogP contribution in [-0.4, -0.2) is 27.4 Å². The third-order valence-corrected chi connectivity index (χ3v) is 6.59. The molecule has 1 unspecified atom stereocenters. The van der Waals surface area contributed by atoms with E-state index in [0.717, 1.165) is 49.9 Å². The lowest BCUT2D eigenvalue weighted by atomic mass is 9.94. The number of hydrogen-bond donors (Lipinski definition) is 4. The van der Waals surface area contributed by atoms with Gasteiger partial charge in [-0.2, -0.15) is 0 Å². The van der Waals surface area contributed by atoms with Crippen molar-refractivity contribution in [3.63, 3.8) is 0 Å². The van der Waals surface area contributed by atoms with Crippen LogP contribution in [0, 0.1) is 5.92 Å². The molecule has 1 saturated heterocycles. The highest BCUT2D eigenvalue weighted by molar-refractivity contribution is 7.46. The number of nitrogen functional groups attached to an aromatic ring is 1. The van der Waals surface area contributed by atoms with Crippen LogP contribution in [0.3, 0.4) is 0 Å². The number of rotatable bonds is 9. The Bertz CT molecular complexity index is 1210. The molecule has 1 aliphatic rings. The van der Waals surface area contributed by atoms with Gasteiger partial charge in [0.05, 0.1) is 11.9 Å². The minimum absolute atomic E-state index is 0.0955. The predicted molar refractivity (Wildman–Crippen MR) is 128 cm³/mol. The monoisotopic (exact) mass is 501 g/mol. The van der Waals surface area contributed by atoms with Crippen LogP contribution in [0.4, 0.5) is 5.82 Å². The number of phosphoric acid groups is 1. The van der Waals surface area contributed by atoms with Gasteiger partial charge in [-0.25, -0.2) is 13.7 Å². The molecule has 0 bridgehead atoms. The highest BCUT2D eigenvalue weighted by Gasteiger charge is 2.21. The molecule has 1 aliphatic heterocycles. The van der Waals surface area contributed by atoms with Crippen molar-refractivity contribution in [2.45, 2.75) is 45.3 Å². The number of nitrogens with one attached hydrogen (secondary N) is 1. The number of benzene rings is 1. The number of amides is 1. The topological polar surface area (TPSA) is 152 Å². The van der Waals surface area contributed by atoms with E-state index >= 15 is 0 Å². The van der Waals surface area contributed by atoms with E-state index in [-0.39, 0.29) is 17.6 Å². The highest BCUT2D eigenvalue weighted by Crippen LogP contribution is 2.35. The SMILES string of the molecule is Nc1c(-c2cc(Cc3ccc(CCC4CCCCNC4=O)cc3)no2)ccc[n+]1COP(=O)(O)O. The highest BCUT2D eigenvalue weighted by atomic mass is 31.2. The van der Waals surface area contributed by atoms with Crippen LogP contribution in [0.5, 0.6) is 0 Å². The summed E-state index contributed by atoms with van der Waals surface area (Å²) in [6.07, 6.45) is 6.96. The van der Waals surface area contributed by atoms with Gasteiger partial charge in [0.25, 0.3) is 5.82 Å². The van der Waals surface area contributed by atoms with E-state index in [1.807, 2.05) is 0 Å². The maximum Gasteiger partial charge on any atom is 0.472 e. The minimum Gasteiger partial charge on any atom is -0.356 e. The van der Waals surface area contributed by atoms with Crippen molar-refractivity contribution in [1.82, 2.24) is 10.5 Å². The molecule has 5 N–H and O–H groups in total. The maximum atomic E-state index is 12.1. The number of phosphoric ester groups is 1. The Hall–Kier alpha value is -3.04. The second-order valence-electron chi connectivity index (χ2n) is 8.72. The normalized spacial score (nSPS) is 16.6. The Morgan fingerprint density at radius 2 is 1.97 bits per heavy atom. The molecule has 0 spiro atoms. The van der Waals surface area contributed by atoms with Gasteiger partial charge in [0.15, 0.2) is 5.76 Å². The molecule has 35 heavy (non-hydrogen) atoms. The van der Waals surface area contributed by atoms with Crippen molar-refractivity contribution in [1.29, 1.82) is 0 Å². The first kappa shape index (κ1) is 25.1. The van der Waals surface area contributed by atoms with Crippen molar-refractivity contribution >= 4 is 19.5 Å². The largest absolute Gasteiger partial charge is 0.472 e. The average molecular weight is 502 g/mol. The summed E-state index contributed by atoms with van der Waals surface area (Å²) >= 11 is 0. The lowest BCUT2D eigenvalue weighted by molar-refractivity contribution is -0.711. The third kappa shape index (κ3) is 6.99. The number of nitrogens with zero attached hydrogens (tertiary/aromatic N) is 2. The van der Waals surface area contributed by atoms with Gasteiger partial charge in [-0.15, -0.1) is 0 Å². The summed E-state index contributed by atoms with van der Waals surface area (Å²) in [4.78, 5) is 30.0. The number of pyridine rings is 1. The summed E-state index contributed by atoms with van der Waals surface area (Å²) in [5.74, 6) is 0.953. The van der Waals surface area contributed by atoms with Gasteiger partial charge in [-0.05, 0) is 48.9 Å². The minimum atomic E-state index is -4.62. The van der Waals surface area contributed by atoms with E-state index in [9.17, 15) is 9.36 Å². The molecule has 1 aromatic carbocycles. The van der Waals surface area contributed by atoms with E-state index in [1.54, 1.807) is 24.4 Å². The van der Waals surface area contributed by atoms with E-state index in [0.29, 0.717) is 17.7 Å². The molecular weight excluding hydrogens is 471 g/mol. The molecule has 11 heteroatoms. The summed E-state index contributed by atoms with van der Waals surface area (Å²) < 4.78 is 22.4. The van der Waals surface area contributed by atoms with Crippen molar-refractivity contribution in [3.8, 4) is 11.3 Å². The second-order valence-corrected chi connectivity index (χ2v) is 9.96. The lowest BCUT2D eigenvalue weighted by Gasteiger charge is -2.13. The molecule has 0 saturated carbocycles. The van der Waals surface area contributed by atoms with Crippen molar-refractivity contribution < 1.29 is 32.8 Å². The third-order valence-electron chi connectivity index (χ3n) is 6.14. The van der Waals surface area contributed by atoms with E-state index in [1.165, 1.54) is 10.1 Å². The fraction of sp³-hybridized carbons (Fsp3) is 0.375. The number of nitrogens with two attached hydrogens (primary N) is 1. The number of carbonyl (C=O) groups is 1. The van der Waals surface area contributed by atoms with Crippen LogP contribution in [0.25, 0.3) is 11.3 Å². The van der Waals surface area contributed by atoms with E-state index in [4.69, 9.17) is 20.0 Å². The van der Waals surface area contributed by atoms with E-state index < -0.39 is 14.6 Å². The number of carbonyl (C=O) groups excluding carboxylic acids is 1. The molecule has 0 radical (unpaired) electrons. The van der Waals surface area contributed by atoms with Crippen molar-refractivity contribution in [2.24, 2.45) is 5.92 Å². The lowest BCUT2D eigenvalue weighted by Crippen LogP contribution is -2.38. The van der Waals surface area contributed by atoms with Gasteiger partial charge in [-0.1, -0.05) is 35.8 Å². The van der Waals surface area contributed by atoms with Crippen LogP contribution >= 0.6 is 7.82 Å². The fourth-order valence-electron chi connectivity index (χ4n) is 4.20. The van der Waals surface area contributed by atoms with Gasteiger partial charge in [0.2, 0.25) is 12.6 Å².